The van der Waals surface area contributed by atoms with Crippen molar-refractivity contribution in [3.05, 3.63) is 35.4 Å². The molecule has 0 bridgehead atoms. The fourth-order valence-electron chi connectivity index (χ4n) is 1.59. The third-order valence-electron chi connectivity index (χ3n) is 2.56. The monoisotopic (exact) mass is 293 g/mol. The Bertz CT molecular complexity index is 380. The van der Waals surface area contributed by atoms with Crippen molar-refractivity contribution < 1.29 is 25.3 Å². The van der Waals surface area contributed by atoms with Crippen molar-refractivity contribution in [1.82, 2.24) is 5.32 Å². The number of piperidine rings is 1. The number of hydrogen-bond acceptors (Lipinski definition) is 3. The van der Waals surface area contributed by atoms with Crippen molar-refractivity contribution in [3.8, 4) is 0 Å². The van der Waals surface area contributed by atoms with Crippen LogP contribution in [0.4, 0.5) is 0 Å². The summed E-state index contributed by atoms with van der Waals surface area (Å²) in [7, 11) is 0. The fraction of sp³-hybridized carbons (Fsp3) is 0.385. The minimum atomic E-state index is -1.13. The van der Waals surface area contributed by atoms with Crippen molar-refractivity contribution in [2.24, 2.45) is 0 Å². The summed E-state index contributed by atoms with van der Waals surface area (Å²) in [5.41, 5.74) is -0.0372. The first kappa shape index (κ1) is 21.4. The first-order valence-corrected chi connectivity index (χ1v) is 5.88. The van der Waals surface area contributed by atoms with Gasteiger partial charge in [-0.25, -0.2) is 9.59 Å². The number of carboxylic acid groups (broad SMARTS) is 2. The quantitative estimate of drug-likeness (QED) is 0.681. The average Bonchev–Trinajstić information content (AvgIpc) is 2.41. The van der Waals surface area contributed by atoms with Gasteiger partial charge in [-0.05, 0) is 44.1 Å². The van der Waals surface area contributed by atoms with Gasteiger partial charge in [-0.1, -0.05) is 12.5 Å². The van der Waals surface area contributed by atoms with Crippen molar-refractivity contribution >= 4 is 41.5 Å². The molecule has 1 heterocycles. The Hall–Kier alpha value is -0.920. The van der Waals surface area contributed by atoms with Crippen LogP contribution in [0.3, 0.4) is 0 Å². The first-order valence-electron chi connectivity index (χ1n) is 5.88. The van der Waals surface area contributed by atoms with Gasteiger partial charge in [0.1, 0.15) is 0 Å². The van der Waals surface area contributed by atoms with Gasteiger partial charge in [0.05, 0.1) is 11.1 Å². The number of carboxylic acids is 2. The Kier molecular flexibility index (Phi) is 12.7. The van der Waals surface area contributed by atoms with Gasteiger partial charge < -0.3 is 21.0 Å². The summed E-state index contributed by atoms with van der Waals surface area (Å²) in [4.78, 5) is 20.8. The molecule has 2 rings (SSSR count). The second-order valence-electron chi connectivity index (χ2n) is 4.00. The van der Waals surface area contributed by atoms with Crippen molar-refractivity contribution in [2.75, 3.05) is 13.1 Å². The normalized spacial score (nSPS) is 12.8. The van der Waals surface area contributed by atoms with Gasteiger partial charge in [0, 0.05) is 0 Å². The standard InChI is InChI=1S/C8H6O4.C5H11N.Na.H2O.H/c9-7(10)5-2-1-3-6(4-5)8(11)12;1-2-4-6-5-3-1;;;/h1-4H,(H,9,10)(H,11,12);6H,1-5H2;;1H2;. The molecule has 1 aromatic rings. The molecular weight excluding hydrogens is 273 g/mol. The Labute approximate surface area is 139 Å². The number of nitrogens with one attached hydrogen (secondary N) is 1. The van der Waals surface area contributed by atoms with Gasteiger partial charge >= 0.3 is 41.5 Å². The maximum absolute atomic E-state index is 10.4. The van der Waals surface area contributed by atoms with Crippen LogP contribution in [-0.4, -0.2) is 70.3 Å². The predicted molar refractivity (Wildman–Crippen MR) is 77.8 cm³/mol. The molecular formula is C13H20NNaO5. The summed E-state index contributed by atoms with van der Waals surface area (Å²) in [5, 5.41) is 20.3. The van der Waals surface area contributed by atoms with Crippen molar-refractivity contribution in [3.63, 3.8) is 0 Å². The molecule has 0 atom stereocenters. The van der Waals surface area contributed by atoms with E-state index in [9.17, 15) is 9.59 Å². The van der Waals surface area contributed by atoms with Crippen molar-refractivity contribution in [2.45, 2.75) is 19.3 Å². The summed E-state index contributed by atoms with van der Waals surface area (Å²) in [5.74, 6) is -2.25. The predicted octanol–water partition coefficient (Wildman–Crippen LogP) is 0.370. The van der Waals surface area contributed by atoms with E-state index in [0.717, 1.165) is 6.07 Å². The molecule has 0 amide bonds. The molecule has 1 saturated heterocycles. The molecule has 0 saturated carbocycles. The van der Waals surface area contributed by atoms with Crippen LogP contribution >= 0.6 is 0 Å². The maximum atomic E-state index is 10.4. The van der Waals surface area contributed by atoms with Crippen LogP contribution in [0.5, 0.6) is 0 Å². The molecule has 108 valence electrons. The fourth-order valence-corrected chi connectivity index (χ4v) is 1.59. The molecule has 7 heteroatoms. The van der Waals surface area contributed by atoms with Crippen LogP contribution < -0.4 is 5.32 Å². The van der Waals surface area contributed by atoms with Gasteiger partial charge in [0.25, 0.3) is 0 Å². The van der Waals surface area contributed by atoms with Crippen LogP contribution in [0.15, 0.2) is 24.3 Å². The Morgan fingerprint density at radius 1 is 0.950 bits per heavy atom. The van der Waals surface area contributed by atoms with E-state index in [-0.39, 0.29) is 46.2 Å². The summed E-state index contributed by atoms with van der Waals surface area (Å²) >= 11 is 0. The van der Waals surface area contributed by atoms with Gasteiger partial charge in [0.15, 0.2) is 0 Å². The zero-order chi connectivity index (χ0) is 13.4. The van der Waals surface area contributed by atoms with Crippen LogP contribution in [0.25, 0.3) is 0 Å². The summed E-state index contributed by atoms with van der Waals surface area (Å²) in [6.07, 6.45) is 4.22. The molecule has 0 radical (unpaired) electrons. The molecule has 1 aliphatic heterocycles. The Morgan fingerprint density at radius 3 is 1.65 bits per heavy atom. The number of rotatable bonds is 2. The van der Waals surface area contributed by atoms with Crippen molar-refractivity contribution in [1.29, 1.82) is 0 Å². The van der Waals surface area contributed by atoms with E-state index in [1.54, 1.807) is 0 Å². The van der Waals surface area contributed by atoms with Gasteiger partial charge in [-0.15, -0.1) is 0 Å². The zero-order valence-electron chi connectivity index (χ0n) is 10.6. The van der Waals surface area contributed by atoms with Crippen LogP contribution in [0, 0.1) is 0 Å². The molecule has 0 spiro atoms. The van der Waals surface area contributed by atoms with Crippen LogP contribution in [-0.2, 0) is 0 Å². The van der Waals surface area contributed by atoms with E-state index in [0.29, 0.717) is 0 Å². The molecule has 1 aliphatic rings. The summed E-state index contributed by atoms with van der Waals surface area (Å²) in [6, 6.07) is 5.20. The number of hydrogen-bond donors (Lipinski definition) is 3. The second kappa shape index (κ2) is 11.9. The summed E-state index contributed by atoms with van der Waals surface area (Å²) in [6.45, 7) is 2.50. The van der Waals surface area contributed by atoms with Crippen LogP contribution in [0.2, 0.25) is 0 Å². The Morgan fingerprint density at radius 2 is 1.40 bits per heavy atom. The number of aromatic carboxylic acids is 2. The van der Waals surface area contributed by atoms with Gasteiger partial charge in [0.2, 0.25) is 0 Å². The number of benzene rings is 1. The summed E-state index contributed by atoms with van der Waals surface area (Å²) < 4.78 is 0. The average molecular weight is 293 g/mol. The van der Waals surface area contributed by atoms with Gasteiger partial charge in [-0.3, -0.25) is 0 Å². The molecule has 0 aromatic heterocycles. The number of carbonyl (C=O) groups is 2. The molecule has 5 N–H and O–H groups in total. The third kappa shape index (κ3) is 8.29. The van der Waals surface area contributed by atoms with E-state index in [2.05, 4.69) is 5.32 Å². The SMILES string of the molecule is C1CCNCC1.O.O=C(O)c1cccc(C(=O)O)c1.[NaH]. The molecule has 1 fully saturated rings. The zero-order valence-corrected chi connectivity index (χ0v) is 10.6. The molecule has 1 aromatic carbocycles. The van der Waals surface area contributed by atoms with Crippen LogP contribution in [0.1, 0.15) is 40.0 Å². The van der Waals surface area contributed by atoms with E-state index in [4.69, 9.17) is 10.2 Å². The molecule has 0 unspecified atom stereocenters. The topological polar surface area (TPSA) is 118 Å². The molecule has 0 aliphatic carbocycles. The Balaban J connectivity index is 0. The third-order valence-corrected chi connectivity index (χ3v) is 2.56. The van der Waals surface area contributed by atoms with E-state index >= 15 is 0 Å². The van der Waals surface area contributed by atoms with Gasteiger partial charge in [-0.2, -0.15) is 0 Å². The first-order chi connectivity index (χ1) is 8.61. The minimum absolute atomic E-state index is 0. The molecule has 6 nitrogen and oxygen atoms in total. The van der Waals surface area contributed by atoms with E-state index < -0.39 is 11.9 Å². The molecule has 20 heavy (non-hydrogen) atoms. The van der Waals surface area contributed by atoms with E-state index in [1.165, 1.54) is 50.6 Å². The van der Waals surface area contributed by atoms with E-state index in [1.807, 2.05) is 0 Å². The second-order valence-corrected chi connectivity index (χ2v) is 4.00.